The third-order valence-corrected chi connectivity index (χ3v) is 2.75. The second-order valence-electron chi connectivity index (χ2n) is 4.51. The van der Waals surface area contributed by atoms with Crippen LogP contribution >= 0.6 is 0 Å². The lowest BCUT2D eigenvalue weighted by atomic mass is 10.4. The standard InChI is InChI=1S/C12H24N2O2/c1-3-6-13-9-12(15)14(2)7-8-16-10-11-4-5-11/h11,13H,3-10H2,1-2H3. The van der Waals surface area contributed by atoms with E-state index in [-0.39, 0.29) is 5.91 Å². The van der Waals surface area contributed by atoms with Crippen molar-refractivity contribution in [2.24, 2.45) is 5.92 Å². The van der Waals surface area contributed by atoms with E-state index >= 15 is 0 Å². The molecule has 1 saturated carbocycles. The van der Waals surface area contributed by atoms with Crippen LogP contribution in [0.1, 0.15) is 26.2 Å². The highest BCUT2D eigenvalue weighted by atomic mass is 16.5. The number of rotatable bonds is 9. The minimum Gasteiger partial charge on any atom is -0.379 e. The Morgan fingerprint density at radius 3 is 2.88 bits per heavy atom. The number of hydrogen-bond donors (Lipinski definition) is 1. The van der Waals surface area contributed by atoms with Crippen molar-refractivity contribution in [3.8, 4) is 0 Å². The topological polar surface area (TPSA) is 41.6 Å². The zero-order valence-electron chi connectivity index (χ0n) is 10.5. The molecule has 0 heterocycles. The number of likely N-dealkylation sites (N-methyl/N-ethyl adjacent to an activating group) is 1. The van der Waals surface area contributed by atoms with Crippen LogP contribution < -0.4 is 5.32 Å². The molecular formula is C12H24N2O2. The van der Waals surface area contributed by atoms with Gasteiger partial charge in [-0.2, -0.15) is 0 Å². The molecule has 1 N–H and O–H groups in total. The molecule has 0 aliphatic heterocycles. The summed E-state index contributed by atoms with van der Waals surface area (Å²) in [6.45, 7) is 5.65. The van der Waals surface area contributed by atoms with Crippen LogP contribution in [0.15, 0.2) is 0 Å². The van der Waals surface area contributed by atoms with E-state index in [4.69, 9.17) is 4.74 Å². The van der Waals surface area contributed by atoms with E-state index in [9.17, 15) is 4.79 Å². The maximum Gasteiger partial charge on any atom is 0.236 e. The average molecular weight is 228 g/mol. The molecule has 1 fully saturated rings. The Morgan fingerprint density at radius 1 is 1.50 bits per heavy atom. The highest BCUT2D eigenvalue weighted by molar-refractivity contribution is 5.77. The van der Waals surface area contributed by atoms with Crippen LogP contribution in [0.5, 0.6) is 0 Å². The highest BCUT2D eigenvalue weighted by Gasteiger charge is 2.21. The van der Waals surface area contributed by atoms with E-state index in [2.05, 4.69) is 12.2 Å². The fraction of sp³-hybridized carbons (Fsp3) is 0.917. The Bertz CT molecular complexity index is 205. The predicted molar refractivity (Wildman–Crippen MR) is 64.3 cm³/mol. The Balaban J connectivity index is 1.94. The minimum atomic E-state index is 0.142. The summed E-state index contributed by atoms with van der Waals surface area (Å²) in [5, 5.41) is 3.10. The van der Waals surface area contributed by atoms with Crippen molar-refractivity contribution in [2.45, 2.75) is 26.2 Å². The van der Waals surface area contributed by atoms with E-state index < -0.39 is 0 Å². The first-order valence-electron chi connectivity index (χ1n) is 6.26. The molecule has 16 heavy (non-hydrogen) atoms. The minimum absolute atomic E-state index is 0.142. The first kappa shape index (κ1) is 13.5. The van der Waals surface area contributed by atoms with Crippen LogP contribution in [-0.2, 0) is 9.53 Å². The monoisotopic (exact) mass is 228 g/mol. The quantitative estimate of drug-likeness (QED) is 0.595. The van der Waals surface area contributed by atoms with Crippen molar-refractivity contribution in [2.75, 3.05) is 39.9 Å². The normalized spacial score (nSPS) is 15.1. The van der Waals surface area contributed by atoms with Gasteiger partial charge in [-0.25, -0.2) is 0 Å². The molecule has 1 rings (SSSR count). The Kier molecular flexibility index (Phi) is 6.42. The summed E-state index contributed by atoms with van der Waals surface area (Å²) >= 11 is 0. The number of carbonyl (C=O) groups is 1. The average Bonchev–Trinajstić information content (AvgIpc) is 3.08. The van der Waals surface area contributed by atoms with Gasteiger partial charge in [-0.05, 0) is 31.7 Å². The molecule has 0 saturated heterocycles. The second kappa shape index (κ2) is 7.63. The Labute approximate surface area is 98.3 Å². The molecule has 4 heteroatoms. The number of nitrogens with one attached hydrogen (secondary N) is 1. The molecule has 0 aromatic heterocycles. The van der Waals surface area contributed by atoms with Gasteiger partial charge in [0.1, 0.15) is 0 Å². The van der Waals surface area contributed by atoms with Gasteiger partial charge >= 0.3 is 0 Å². The Hall–Kier alpha value is -0.610. The summed E-state index contributed by atoms with van der Waals surface area (Å²) in [4.78, 5) is 13.3. The molecule has 0 atom stereocenters. The summed E-state index contributed by atoms with van der Waals surface area (Å²) in [5.74, 6) is 0.940. The van der Waals surface area contributed by atoms with Crippen LogP contribution in [0.2, 0.25) is 0 Å². The maximum absolute atomic E-state index is 11.6. The number of carbonyl (C=O) groups excluding carboxylic acids is 1. The van der Waals surface area contributed by atoms with Gasteiger partial charge in [0.2, 0.25) is 5.91 Å². The molecule has 94 valence electrons. The third kappa shape index (κ3) is 6.08. The van der Waals surface area contributed by atoms with Gasteiger partial charge < -0.3 is 15.0 Å². The van der Waals surface area contributed by atoms with Crippen molar-refractivity contribution < 1.29 is 9.53 Å². The van der Waals surface area contributed by atoms with E-state index in [1.165, 1.54) is 12.8 Å². The van der Waals surface area contributed by atoms with Gasteiger partial charge in [0.05, 0.1) is 13.2 Å². The molecule has 0 radical (unpaired) electrons. The lowest BCUT2D eigenvalue weighted by Crippen LogP contribution is -2.37. The molecular weight excluding hydrogens is 204 g/mol. The van der Waals surface area contributed by atoms with Crippen molar-refractivity contribution >= 4 is 5.91 Å². The van der Waals surface area contributed by atoms with Gasteiger partial charge in [0.15, 0.2) is 0 Å². The molecule has 1 amide bonds. The van der Waals surface area contributed by atoms with Crippen molar-refractivity contribution in [3.05, 3.63) is 0 Å². The predicted octanol–water partition coefficient (Wildman–Crippen LogP) is 0.871. The highest BCUT2D eigenvalue weighted by Crippen LogP contribution is 2.28. The van der Waals surface area contributed by atoms with Crippen LogP contribution in [0, 0.1) is 5.92 Å². The van der Waals surface area contributed by atoms with Crippen molar-refractivity contribution in [1.82, 2.24) is 10.2 Å². The van der Waals surface area contributed by atoms with Crippen molar-refractivity contribution in [1.29, 1.82) is 0 Å². The van der Waals surface area contributed by atoms with E-state index in [1.54, 1.807) is 4.90 Å². The summed E-state index contributed by atoms with van der Waals surface area (Å²) in [6, 6.07) is 0. The molecule has 1 aliphatic rings. The number of hydrogen-bond acceptors (Lipinski definition) is 3. The molecule has 0 aromatic rings. The first-order chi connectivity index (χ1) is 7.74. The SMILES string of the molecule is CCCNCC(=O)N(C)CCOCC1CC1. The summed E-state index contributed by atoms with van der Waals surface area (Å²) in [5.41, 5.74) is 0. The lowest BCUT2D eigenvalue weighted by molar-refractivity contribution is -0.129. The van der Waals surface area contributed by atoms with Crippen LogP contribution in [0.4, 0.5) is 0 Å². The summed E-state index contributed by atoms with van der Waals surface area (Å²) in [6.07, 6.45) is 3.69. The summed E-state index contributed by atoms with van der Waals surface area (Å²) < 4.78 is 5.49. The fourth-order valence-electron chi connectivity index (χ4n) is 1.37. The van der Waals surface area contributed by atoms with Crippen LogP contribution in [0.25, 0.3) is 0 Å². The molecule has 0 aromatic carbocycles. The molecule has 0 bridgehead atoms. The number of amides is 1. The zero-order valence-corrected chi connectivity index (χ0v) is 10.5. The van der Waals surface area contributed by atoms with Gasteiger partial charge in [0, 0.05) is 20.2 Å². The smallest absolute Gasteiger partial charge is 0.236 e. The summed E-state index contributed by atoms with van der Waals surface area (Å²) in [7, 11) is 1.83. The van der Waals surface area contributed by atoms with Crippen molar-refractivity contribution in [3.63, 3.8) is 0 Å². The van der Waals surface area contributed by atoms with Gasteiger partial charge in [-0.3, -0.25) is 4.79 Å². The number of ether oxygens (including phenoxy) is 1. The molecule has 0 spiro atoms. The van der Waals surface area contributed by atoms with Gasteiger partial charge in [-0.1, -0.05) is 6.92 Å². The third-order valence-electron chi connectivity index (χ3n) is 2.75. The van der Waals surface area contributed by atoms with E-state index in [1.807, 2.05) is 7.05 Å². The molecule has 0 unspecified atom stereocenters. The molecule has 4 nitrogen and oxygen atoms in total. The van der Waals surface area contributed by atoms with Gasteiger partial charge in [0.25, 0.3) is 0 Å². The van der Waals surface area contributed by atoms with Crippen LogP contribution in [0.3, 0.4) is 0 Å². The zero-order chi connectivity index (χ0) is 11.8. The van der Waals surface area contributed by atoms with E-state index in [0.29, 0.717) is 19.7 Å². The lowest BCUT2D eigenvalue weighted by Gasteiger charge is -2.17. The number of nitrogens with zero attached hydrogens (tertiary/aromatic N) is 1. The molecule has 1 aliphatic carbocycles. The van der Waals surface area contributed by atoms with E-state index in [0.717, 1.165) is 25.5 Å². The maximum atomic E-state index is 11.6. The van der Waals surface area contributed by atoms with Gasteiger partial charge in [-0.15, -0.1) is 0 Å². The Morgan fingerprint density at radius 2 is 2.25 bits per heavy atom. The van der Waals surface area contributed by atoms with Crippen LogP contribution in [-0.4, -0.2) is 50.7 Å². The fourth-order valence-corrected chi connectivity index (χ4v) is 1.37. The first-order valence-corrected chi connectivity index (χ1v) is 6.26. The largest absolute Gasteiger partial charge is 0.379 e. The second-order valence-corrected chi connectivity index (χ2v) is 4.51.